The molecule has 21 heavy (non-hydrogen) atoms. The number of nitrogens with one attached hydrogen (secondary N) is 1. The van der Waals surface area contributed by atoms with Crippen molar-refractivity contribution >= 4 is 29.5 Å². The zero-order chi connectivity index (χ0) is 16.6. The van der Waals surface area contributed by atoms with Gasteiger partial charge in [0.1, 0.15) is 5.78 Å². The van der Waals surface area contributed by atoms with Gasteiger partial charge in [-0.05, 0) is 6.92 Å². The molecule has 0 aliphatic heterocycles. The van der Waals surface area contributed by atoms with Gasteiger partial charge in [-0.1, -0.05) is 0 Å². The van der Waals surface area contributed by atoms with Crippen LogP contribution < -0.4 is 11.1 Å². The quantitative estimate of drug-likeness (QED) is 0.357. The van der Waals surface area contributed by atoms with Crippen molar-refractivity contribution in [3.05, 3.63) is 0 Å². The molecule has 10 nitrogen and oxygen atoms in total. The summed E-state index contributed by atoms with van der Waals surface area (Å²) in [6, 6.07) is -1.04. The van der Waals surface area contributed by atoms with E-state index in [1.54, 1.807) is 0 Å². The number of nitrogens with zero attached hydrogens (tertiary/aromatic N) is 1. The van der Waals surface area contributed by atoms with Gasteiger partial charge in [0, 0.05) is 6.42 Å². The first-order valence-electron chi connectivity index (χ1n) is 5.86. The van der Waals surface area contributed by atoms with Crippen LogP contribution in [0.3, 0.4) is 0 Å². The van der Waals surface area contributed by atoms with Gasteiger partial charge in [-0.25, -0.2) is 0 Å². The third kappa shape index (κ3) is 9.24. The summed E-state index contributed by atoms with van der Waals surface area (Å²) in [5.41, 5.74) is 5.34. The number of hydrogen-bond acceptors (Lipinski definition) is 7. The fourth-order valence-electron chi connectivity index (χ4n) is 1.34. The predicted molar refractivity (Wildman–Crippen MR) is 68.1 cm³/mol. The molecule has 0 heterocycles. The monoisotopic (exact) mass is 303 g/mol. The molecule has 0 aromatic heterocycles. The van der Waals surface area contributed by atoms with E-state index >= 15 is 0 Å². The maximum Gasteiger partial charge on any atom is 0.317 e. The number of rotatable bonds is 9. The molecule has 1 unspecified atom stereocenters. The molecule has 0 saturated heterocycles. The second kappa shape index (κ2) is 8.76. The van der Waals surface area contributed by atoms with Crippen LogP contribution >= 0.6 is 0 Å². The van der Waals surface area contributed by atoms with Crippen LogP contribution in [-0.2, 0) is 24.0 Å². The first kappa shape index (κ1) is 18.7. The first-order chi connectivity index (χ1) is 9.61. The third-order valence-electron chi connectivity index (χ3n) is 2.29. The predicted octanol–water partition coefficient (Wildman–Crippen LogP) is -2.59. The van der Waals surface area contributed by atoms with Crippen molar-refractivity contribution in [3.8, 4) is 0 Å². The third-order valence-corrected chi connectivity index (χ3v) is 2.29. The van der Waals surface area contributed by atoms with Gasteiger partial charge in [-0.2, -0.15) is 0 Å². The molecule has 0 rings (SSSR count). The van der Waals surface area contributed by atoms with Crippen LogP contribution in [-0.4, -0.2) is 70.3 Å². The van der Waals surface area contributed by atoms with Gasteiger partial charge in [0.25, 0.3) is 0 Å². The van der Waals surface area contributed by atoms with Gasteiger partial charge in [-0.15, -0.1) is 0 Å². The summed E-state index contributed by atoms with van der Waals surface area (Å²) in [4.78, 5) is 55.6. The van der Waals surface area contributed by atoms with Crippen LogP contribution in [0.25, 0.3) is 0 Å². The molecule has 2 amide bonds. The Balaban J connectivity index is 4.42. The Morgan fingerprint density at radius 2 is 1.48 bits per heavy atom. The number of carboxylic acid groups (broad SMARTS) is 2. The Bertz CT molecular complexity index is 433. The summed E-state index contributed by atoms with van der Waals surface area (Å²) in [6.07, 6.45) is -0.390. The number of Topliss-reactive ketones (excluding diaryl/α,β-unsaturated/α-hetero) is 1. The zero-order valence-corrected chi connectivity index (χ0v) is 11.4. The minimum Gasteiger partial charge on any atom is -0.480 e. The Labute approximate surface area is 119 Å². The van der Waals surface area contributed by atoms with Gasteiger partial charge in [0.05, 0.1) is 25.7 Å². The summed E-state index contributed by atoms with van der Waals surface area (Å²) < 4.78 is 0. The Morgan fingerprint density at radius 1 is 1.00 bits per heavy atom. The molecule has 5 N–H and O–H groups in total. The average Bonchev–Trinajstić information content (AvgIpc) is 2.25. The number of hydrogen-bond donors (Lipinski definition) is 4. The molecule has 0 spiro atoms. The largest absolute Gasteiger partial charge is 0.480 e. The van der Waals surface area contributed by atoms with E-state index in [0.717, 1.165) is 4.90 Å². The minimum atomic E-state index is -1.31. The second-order valence-electron chi connectivity index (χ2n) is 4.33. The highest BCUT2D eigenvalue weighted by atomic mass is 16.4. The van der Waals surface area contributed by atoms with Gasteiger partial charge in [0.15, 0.2) is 0 Å². The second-order valence-corrected chi connectivity index (χ2v) is 4.33. The highest BCUT2D eigenvalue weighted by Crippen LogP contribution is 1.92. The van der Waals surface area contributed by atoms with Crippen molar-refractivity contribution in [2.24, 2.45) is 5.73 Å². The summed E-state index contributed by atoms with van der Waals surface area (Å²) in [7, 11) is 0. The van der Waals surface area contributed by atoms with Crippen LogP contribution in [0.1, 0.15) is 13.3 Å². The molecule has 10 heteroatoms. The number of aliphatic carboxylic acids is 2. The standard InChI is InChI=1S/C11H17N3O7/c1-6(15)7(12)2-8(16)13-9(17)3-14(4-10(18)19)5-11(20)21/h7H,2-5,12H2,1H3,(H,18,19)(H,20,21)(H,13,16,17). The van der Waals surface area contributed by atoms with E-state index in [1.165, 1.54) is 6.92 Å². The van der Waals surface area contributed by atoms with Gasteiger partial charge in [-0.3, -0.25) is 34.2 Å². The molecule has 0 fully saturated rings. The van der Waals surface area contributed by atoms with Gasteiger partial charge >= 0.3 is 11.9 Å². The number of carboxylic acids is 2. The number of carbonyl (C=O) groups is 5. The lowest BCUT2D eigenvalue weighted by Crippen LogP contribution is -2.45. The number of imide groups is 1. The van der Waals surface area contributed by atoms with E-state index in [0.29, 0.717) is 0 Å². The average molecular weight is 303 g/mol. The molecule has 0 radical (unpaired) electrons. The Hall–Kier alpha value is -2.33. The van der Waals surface area contributed by atoms with E-state index < -0.39 is 55.2 Å². The summed E-state index contributed by atoms with van der Waals surface area (Å²) >= 11 is 0. The minimum absolute atomic E-state index is 0.390. The summed E-state index contributed by atoms with van der Waals surface area (Å²) in [6.45, 7) is -0.720. The molecule has 1 atom stereocenters. The van der Waals surface area contributed by atoms with Crippen molar-refractivity contribution < 1.29 is 34.2 Å². The zero-order valence-electron chi connectivity index (χ0n) is 11.4. The molecule has 0 bridgehead atoms. The molecular weight excluding hydrogens is 286 g/mol. The van der Waals surface area contributed by atoms with Crippen molar-refractivity contribution in [3.63, 3.8) is 0 Å². The molecular formula is C11H17N3O7. The maximum absolute atomic E-state index is 11.5. The van der Waals surface area contributed by atoms with E-state index in [-0.39, 0.29) is 6.42 Å². The van der Waals surface area contributed by atoms with Crippen LogP contribution in [0.2, 0.25) is 0 Å². The van der Waals surface area contributed by atoms with Crippen LogP contribution in [0, 0.1) is 0 Å². The van der Waals surface area contributed by atoms with Crippen LogP contribution in [0.5, 0.6) is 0 Å². The van der Waals surface area contributed by atoms with Crippen LogP contribution in [0.4, 0.5) is 0 Å². The smallest absolute Gasteiger partial charge is 0.317 e. The maximum atomic E-state index is 11.5. The Morgan fingerprint density at radius 3 is 1.86 bits per heavy atom. The fourth-order valence-corrected chi connectivity index (χ4v) is 1.34. The van der Waals surface area contributed by atoms with E-state index in [4.69, 9.17) is 15.9 Å². The summed E-state index contributed by atoms with van der Waals surface area (Å²) in [5, 5.41) is 19.1. The van der Waals surface area contributed by atoms with E-state index in [1.807, 2.05) is 5.32 Å². The number of carbonyl (C=O) groups excluding carboxylic acids is 3. The van der Waals surface area contributed by atoms with Gasteiger partial charge in [0.2, 0.25) is 11.8 Å². The molecule has 0 aliphatic rings. The number of amides is 2. The lowest BCUT2D eigenvalue weighted by Gasteiger charge is -2.17. The van der Waals surface area contributed by atoms with E-state index in [2.05, 4.69) is 0 Å². The SMILES string of the molecule is CC(=O)C(N)CC(=O)NC(=O)CN(CC(=O)O)CC(=O)O. The van der Waals surface area contributed by atoms with Crippen molar-refractivity contribution in [2.75, 3.05) is 19.6 Å². The van der Waals surface area contributed by atoms with Crippen molar-refractivity contribution in [1.29, 1.82) is 0 Å². The first-order valence-corrected chi connectivity index (χ1v) is 5.86. The van der Waals surface area contributed by atoms with Crippen LogP contribution in [0.15, 0.2) is 0 Å². The van der Waals surface area contributed by atoms with E-state index in [9.17, 15) is 24.0 Å². The summed E-state index contributed by atoms with van der Waals surface area (Å²) in [5.74, 6) is -4.72. The molecule has 0 aliphatic carbocycles. The fraction of sp³-hybridized carbons (Fsp3) is 0.545. The Kier molecular flexibility index (Phi) is 7.79. The normalized spacial score (nSPS) is 11.8. The lowest BCUT2D eigenvalue weighted by atomic mass is 10.1. The van der Waals surface area contributed by atoms with Crippen molar-refractivity contribution in [1.82, 2.24) is 10.2 Å². The molecule has 0 aromatic carbocycles. The highest BCUT2D eigenvalue weighted by molar-refractivity contribution is 5.98. The van der Waals surface area contributed by atoms with Gasteiger partial charge < -0.3 is 15.9 Å². The number of ketones is 1. The molecule has 0 aromatic rings. The molecule has 118 valence electrons. The van der Waals surface area contributed by atoms with Crippen molar-refractivity contribution in [2.45, 2.75) is 19.4 Å². The number of nitrogens with two attached hydrogens (primary N) is 1. The topological polar surface area (TPSA) is 167 Å². The molecule has 0 saturated carbocycles. The lowest BCUT2D eigenvalue weighted by molar-refractivity contribution is -0.142. The highest BCUT2D eigenvalue weighted by Gasteiger charge is 2.20.